The maximum atomic E-state index is 14.1. The van der Waals surface area contributed by atoms with Crippen molar-refractivity contribution in [2.24, 2.45) is 7.05 Å². The predicted octanol–water partition coefficient (Wildman–Crippen LogP) is 3.85. The molecule has 6 heteroatoms. The number of rotatable bonds is 4. The number of halogens is 2. The summed E-state index contributed by atoms with van der Waals surface area (Å²) >= 11 is 0. The molecular formula is C19H17F2N3O. The van der Waals surface area contributed by atoms with Crippen LogP contribution in [0, 0.1) is 18.6 Å². The van der Waals surface area contributed by atoms with E-state index < -0.39 is 11.6 Å². The fraction of sp³-hybridized carbons (Fsp3) is 0.158. The summed E-state index contributed by atoms with van der Waals surface area (Å²) in [7, 11) is 1.79. The van der Waals surface area contributed by atoms with Gasteiger partial charge in [-0.2, -0.15) is 5.10 Å². The van der Waals surface area contributed by atoms with Crippen molar-refractivity contribution < 1.29 is 13.6 Å². The molecule has 0 aliphatic heterocycles. The molecular weight excluding hydrogens is 324 g/mol. The van der Waals surface area contributed by atoms with Crippen molar-refractivity contribution in [2.45, 2.75) is 13.3 Å². The number of nitrogens with zero attached hydrogens (tertiary/aromatic N) is 2. The molecule has 0 aliphatic carbocycles. The van der Waals surface area contributed by atoms with E-state index in [1.807, 2.05) is 6.92 Å². The first kappa shape index (κ1) is 16.8. The van der Waals surface area contributed by atoms with Gasteiger partial charge in [-0.3, -0.25) is 9.48 Å². The highest BCUT2D eigenvalue weighted by Crippen LogP contribution is 2.30. The lowest BCUT2D eigenvalue weighted by atomic mass is 10.0. The minimum atomic E-state index is -0.676. The molecule has 128 valence electrons. The molecule has 0 saturated heterocycles. The third kappa shape index (κ3) is 3.74. The van der Waals surface area contributed by atoms with Crippen LogP contribution in [0.25, 0.3) is 11.1 Å². The van der Waals surface area contributed by atoms with Crippen LogP contribution in [0.4, 0.5) is 14.5 Å². The third-order valence-electron chi connectivity index (χ3n) is 3.89. The SMILES string of the molecule is Cc1nn(C)cc1CC(=O)Nc1ccccc1-c1ccc(F)cc1F. The Morgan fingerprint density at radius 1 is 1.16 bits per heavy atom. The van der Waals surface area contributed by atoms with Gasteiger partial charge in [0.25, 0.3) is 0 Å². The van der Waals surface area contributed by atoms with Gasteiger partial charge in [0.05, 0.1) is 12.1 Å². The zero-order valence-corrected chi connectivity index (χ0v) is 13.9. The van der Waals surface area contributed by atoms with Crippen molar-refractivity contribution in [1.82, 2.24) is 9.78 Å². The Bertz CT molecular complexity index is 934. The number of anilines is 1. The van der Waals surface area contributed by atoms with Crippen LogP contribution in [0.15, 0.2) is 48.7 Å². The normalized spacial score (nSPS) is 10.7. The zero-order chi connectivity index (χ0) is 18.0. The van der Waals surface area contributed by atoms with Crippen LogP contribution in [0.1, 0.15) is 11.3 Å². The smallest absolute Gasteiger partial charge is 0.228 e. The van der Waals surface area contributed by atoms with E-state index in [1.54, 1.807) is 42.2 Å². The molecule has 0 spiro atoms. The number of carbonyl (C=O) groups excluding carboxylic acids is 1. The van der Waals surface area contributed by atoms with Crippen LogP contribution >= 0.6 is 0 Å². The van der Waals surface area contributed by atoms with Gasteiger partial charge in [0.1, 0.15) is 11.6 Å². The van der Waals surface area contributed by atoms with Gasteiger partial charge in [0, 0.05) is 41.7 Å². The lowest BCUT2D eigenvalue weighted by Crippen LogP contribution is -2.15. The molecule has 1 heterocycles. The second-order valence-corrected chi connectivity index (χ2v) is 5.81. The molecule has 1 aromatic heterocycles. The Morgan fingerprint density at radius 3 is 2.60 bits per heavy atom. The Kier molecular flexibility index (Phi) is 4.61. The molecule has 1 N–H and O–H groups in total. The monoisotopic (exact) mass is 341 g/mol. The first-order valence-corrected chi connectivity index (χ1v) is 7.77. The van der Waals surface area contributed by atoms with E-state index in [9.17, 15) is 13.6 Å². The number of para-hydroxylation sites is 1. The Labute approximate surface area is 144 Å². The van der Waals surface area contributed by atoms with E-state index >= 15 is 0 Å². The van der Waals surface area contributed by atoms with Gasteiger partial charge in [-0.1, -0.05) is 18.2 Å². The van der Waals surface area contributed by atoms with Crippen molar-refractivity contribution in [3.63, 3.8) is 0 Å². The van der Waals surface area contributed by atoms with Crippen LogP contribution in [0.5, 0.6) is 0 Å². The highest BCUT2D eigenvalue weighted by Gasteiger charge is 2.14. The molecule has 0 fully saturated rings. The second-order valence-electron chi connectivity index (χ2n) is 5.81. The molecule has 2 aromatic carbocycles. The van der Waals surface area contributed by atoms with Crippen LogP contribution in [-0.2, 0) is 18.3 Å². The fourth-order valence-corrected chi connectivity index (χ4v) is 2.72. The molecule has 4 nitrogen and oxygen atoms in total. The number of carbonyl (C=O) groups is 1. The maximum absolute atomic E-state index is 14.1. The van der Waals surface area contributed by atoms with Gasteiger partial charge in [-0.25, -0.2) is 8.78 Å². The van der Waals surface area contributed by atoms with E-state index in [2.05, 4.69) is 10.4 Å². The predicted molar refractivity (Wildman–Crippen MR) is 92.1 cm³/mol. The summed E-state index contributed by atoms with van der Waals surface area (Å²) < 4.78 is 28.9. The molecule has 0 saturated carbocycles. The molecule has 0 aliphatic rings. The molecule has 3 aromatic rings. The van der Waals surface area contributed by atoms with Crippen LogP contribution < -0.4 is 5.32 Å². The highest BCUT2D eigenvalue weighted by molar-refractivity contribution is 5.96. The number of hydrogen-bond donors (Lipinski definition) is 1. The summed E-state index contributed by atoms with van der Waals surface area (Å²) in [4.78, 5) is 12.4. The summed E-state index contributed by atoms with van der Waals surface area (Å²) in [6, 6.07) is 10.2. The number of aryl methyl sites for hydroxylation is 2. The number of hydrogen-bond acceptors (Lipinski definition) is 2. The standard InChI is InChI=1S/C19H17F2N3O/c1-12-13(11-24(2)23-12)9-19(25)22-18-6-4-3-5-16(18)15-8-7-14(20)10-17(15)21/h3-8,10-11H,9H2,1-2H3,(H,22,25). The van der Waals surface area contributed by atoms with Gasteiger partial charge >= 0.3 is 0 Å². The first-order valence-electron chi connectivity index (χ1n) is 7.77. The Hall–Kier alpha value is -3.02. The van der Waals surface area contributed by atoms with Gasteiger partial charge < -0.3 is 5.32 Å². The number of nitrogens with one attached hydrogen (secondary N) is 1. The van der Waals surface area contributed by atoms with Crippen molar-refractivity contribution in [1.29, 1.82) is 0 Å². The van der Waals surface area contributed by atoms with E-state index in [-0.39, 0.29) is 17.9 Å². The number of benzene rings is 2. The Morgan fingerprint density at radius 2 is 1.92 bits per heavy atom. The average Bonchev–Trinajstić information content (AvgIpc) is 2.86. The van der Waals surface area contributed by atoms with Crippen molar-refractivity contribution in [3.8, 4) is 11.1 Å². The second kappa shape index (κ2) is 6.84. The van der Waals surface area contributed by atoms with Gasteiger partial charge in [0.15, 0.2) is 0 Å². The third-order valence-corrected chi connectivity index (χ3v) is 3.89. The highest BCUT2D eigenvalue weighted by atomic mass is 19.1. The summed E-state index contributed by atoms with van der Waals surface area (Å²) in [5.41, 5.74) is 2.81. The van der Waals surface area contributed by atoms with Crippen LogP contribution in [-0.4, -0.2) is 15.7 Å². The topological polar surface area (TPSA) is 46.9 Å². The number of aromatic nitrogens is 2. The van der Waals surface area contributed by atoms with Crippen LogP contribution in [0.3, 0.4) is 0 Å². The number of amides is 1. The van der Waals surface area contributed by atoms with E-state index in [1.165, 1.54) is 12.1 Å². The fourth-order valence-electron chi connectivity index (χ4n) is 2.72. The average molecular weight is 341 g/mol. The molecule has 0 unspecified atom stereocenters. The molecule has 25 heavy (non-hydrogen) atoms. The first-order chi connectivity index (χ1) is 11.9. The van der Waals surface area contributed by atoms with E-state index in [0.29, 0.717) is 11.3 Å². The zero-order valence-electron chi connectivity index (χ0n) is 13.9. The molecule has 1 amide bonds. The Balaban J connectivity index is 1.86. The maximum Gasteiger partial charge on any atom is 0.228 e. The minimum Gasteiger partial charge on any atom is -0.325 e. The lowest BCUT2D eigenvalue weighted by Gasteiger charge is -2.12. The largest absolute Gasteiger partial charge is 0.325 e. The quantitative estimate of drug-likeness (QED) is 0.783. The summed E-state index contributed by atoms with van der Waals surface area (Å²) in [5, 5.41) is 7.01. The lowest BCUT2D eigenvalue weighted by molar-refractivity contribution is -0.115. The van der Waals surface area contributed by atoms with Crippen LogP contribution in [0.2, 0.25) is 0 Å². The van der Waals surface area contributed by atoms with Crippen molar-refractivity contribution >= 4 is 11.6 Å². The molecule has 3 rings (SSSR count). The van der Waals surface area contributed by atoms with Crippen molar-refractivity contribution in [2.75, 3.05) is 5.32 Å². The molecule has 0 radical (unpaired) electrons. The molecule has 0 atom stereocenters. The summed E-state index contributed by atoms with van der Waals surface area (Å²) in [6.07, 6.45) is 1.96. The van der Waals surface area contributed by atoms with Crippen molar-refractivity contribution in [3.05, 3.63) is 71.6 Å². The van der Waals surface area contributed by atoms with Gasteiger partial charge in [-0.05, 0) is 25.1 Å². The molecule has 0 bridgehead atoms. The van der Waals surface area contributed by atoms with Gasteiger partial charge in [-0.15, -0.1) is 0 Å². The minimum absolute atomic E-state index is 0.167. The summed E-state index contributed by atoms with van der Waals surface area (Å²) in [6.45, 7) is 1.84. The van der Waals surface area contributed by atoms with E-state index in [4.69, 9.17) is 0 Å². The van der Waals surface area contributed by atoms with E-state index in [0.717, 1.165) is 17.3 Å². The summed E-state index contributed by atoms with van der Waals surface area (Å²) in [5.74, 6) is -1.55. The van der Waals surface area contributed by atoms with Gasteiger partial charge in [0.2, 0.25) is 5.91 Å².